The van der Waals surface area contributed by atoms with Crippen molar-refractivity contribution in [2.24, 2.45) is 0 Å². The minimum Gasteiger partial charge on any atom is -0.389 e. The van der Waals surface area contributed by atoms with Crippen LogP contribution in [0.1, 0.15) is 20.8 Å². The van der Waals surface area contributed by atoms with E-state index < -0.39 is 18.3 Å². The summed E-state index contributed by atoms with van der Waals surface area (Å²) in [6.45, 7) is 4.69. The molecule has 0 bridgehead atoms. The minimum atomic E-state index is -0.704. The van der Waals surface area contributed by atoms with Crippen LogP contribution in [0.25, 0.3) is 0 Å². The van der Waals surface area contributed by atoms with E-state index in [9.17, 15) is 0 Å². The topological polar surface area (TPSA) is 60.7 Å². The number of rotatable bonds is 3. The highest BCUT2D eigenvalue weighted by Crippen LogP contribution is 2.08. The van der Waals surface area contributed by atoms with E-state index in [-0.39, 0.29) is 0 Å². The first kappa shape index (κ1) is 10.6. The summed E-state index contributed by atoms with van der Waals surface area (Å²) in [4.78, 5) is 0. The van der Waals surface area contributed by atoms with Crippen molar-refractivity contribution in [2.75, 3.05) is 0 Å². The molecule has 0 spiro atoms. The lowest BCUT2D eigenvalue weighted by atomic mass is 10.0. The van der Waals surface area contributed by atoms with Crippen molar-refractivity contribution >= 4 is 0 Å². The number of hydrogen-bond acceptors (Lipinski definition) is 3. The van der Waals surface area contributed by atoms with Crippen molar-refractivity contribution in [3.05, 3.63) is 11.6 Å². The highest BCUT2D eigenvalue weighted by atomic mass is 16.3. The first-order valence-corrected chi connectivity index (χ1v) is 3.71. The Balaban J connectivity index is 4.33. The molecule has 11 heavy (non-hydrogen) atoms. The van der Waals surface area contributed by atoms with Crippen molar-refractivity contribution in [2.45, 2.75) is 39.1 Å². The Morgan fingerprint density at radius 1 is 1.00 bits per heavy atom. The molecular formula is C8H16O3. The zero-order valence-electron chi connectivity index (χ0n) is 7.15. The van der Waals surface area contributed by atoms with Gasteiger partial charge in [-0.2, -0.15) is 0 Å². The van der Waals surface area contributed by atoms with Gasteiger partial charge in [0.15, 0.2) is 0 Å². The first-order chi connectivity index (χ1) is 4.95. The average molecular weight is 160 g/mol. The summed E-state index contributed by atoms with van der Waals surface area (Å²) < 4.78 is 0. The van der Waals surface area contributed by atoms with Gasteiger partial charge in [0.25, 0.3) is 0 Å². The van der Waals surface area contributed by atoms with Gasteiger partial charge in [-0.25, -0.2) is 0 Å². The van der Waals surface area contributed by atoms with E-state index in [1.165, 1.54) is 6.08 Å². The van der Waals surface area contributed by atoms with Crippen LogP contribution < -0.4 is 0 Å². The zero-order chi connectivity index (χ0) is 9.02. The molecule has 0 aliphatic carbocycles. The van der Waals surface area contributed by atoms with Crippen LogP contribution in [0.3, 0.4) is 0 Å². The standard InChI is InChI=1S/C8H16O3/c1-5(9)4-8(6(2)10)7(3)11/h4-7,9-11H,1-3H3. The molecule has 3 nitrogen and oxygen atoms in total. The summed E-state index contributed by atoms with van der Waals surface area (Å²) in [5, 5.41) is 27.1. The minimum absolute atomic E-state index is 0.458. The van der Waals surface area contributed by atoms with Crippen molar-refractivity contribution in [3.63, 3.8) is 0 Å². The van der Waals surface area contributed by atoms with Crippen LogP contribution in [-0.4, -0.2) is 33.6 Å². The molecule has 3 N–H and O–H groups in total. The highest BCUT2D eigenvalue weighted by molar-refractivity contribution is 5.12. The lowest BCUT2D eigenvalue weighted by Crippen LogP contribution is -2.18. The molecule has 0 amide bonds. The molecule has 0 aromatic heterocycles. The van der Waals surface area contributed by atoms with Gasteiger partial charge in [-0.3, -0.25) is 0 Å². The first-order valence-electron chi connectivity index (χ1n) is 3.71. The van der Waals surface area contributed by atoms with E-state index in [0.717, 1.165) is 0 Å². The number of aliphatic hydroxyl groups is 3. The molecule has 0 heterocycles. The monoisotopic (exact) mass is 160 g/mol. The third kappa shape index (κ3) is 4.14. The van der Waals surface area contributed by atoms with E-state index in [2.05, 4.69) is 0 Å². The van der Waals surface area contributed by atoms with Gasteiger partial charge in [-0.15, -0.1) is 0 Å². The Kier molecular flexibility index (Phi) is 4.33. The fourth-order valence-corrected chi connectivity index (χ4v) is 0.906. The molecule has 3 atom stereocenters. The van der Waals surface area contributed by atoms with Crippen LogP contribution in [0.4, 0.5) is 0 Å². The van der Waals surface area contributed by atoms with Crippen LogP contribution >= 0.6 is 0 Å². The second kappa shape index (κ2) is 4.49. The highest BCUT2D eigenvalue weighted by Gasteiger charge is 2.11. The lowest BCUT2D eigenvalue weighted by molar-refractivity contribution is 0.158. The molecule has 0 rings (SSSR count). The van der Waals surface area contributed by atoms with Gasteiger partial charge in [-0.05, 0) is 26.3 Å². The molecule has 0 fully saturated rings. The Morgan fingerprint density at radius 2 is 1.36 bits per heavy atom. The van der Waals surface area contributed by atoms with E-state index >= 15 is 0 Å². The van der Waals surface area contributed by atoms with E-state index in [4.69, 9.17) is 15.3 Å². The molecule has 3 heteroatoms. The molecule has 0 aliphatic heterocycles. The third-order valence-corrected chi connectivity index (χ3v) is 1.40. The fraction of sp³-hybridized carbons (Fsp3) is 0.750. The maximum Gasteiger partial charge on any atom is 0.0747 e. The lowest BCUT2D eigenvalue weighted by Gasteiger charge is -2.14. The Hall–Kier alpha value is -0.380. The molecule has 3 unspecified atom stereocenters. The van der Waals surface area contributed by atoms with Gasteiger partial charge in [0, 0.05) is 0 Å². The van der Waals surface area contributed by atoms with Gasteiger partial charge in [0.1, 0.15) is 0 Å². The van der Waals surface area contributed by atoms with E-state index in [1.54, 1.807) is 20.8 Å². The SMILES string of the molecule is CC(O)C=C(C(C)O)C(C)O. The smallest absolute Gasteiger partial charge is 0.0747 e. The molecule has 0 radical (unpaired) electrons. The molecule has 66 valence electrons. The molecule has 0 saturated heterocycles. The zero-order valence-corrected chi connectivity index (χ0v) is 7.15. The average Bonchev–Trinajstić information content (AvgIpc) is 1.81. The van der Waals surface area contributed by atoms with Crippen molar-refractivity contribution < 1.29 is 15.3 Å². The van der Waals surface area contributed by atoms with Gasteiger partial charge < -0.3 is 15.3 Å². The summed E-state index contributed by atoms with van der Waals surface area (Å²) in [5.74, 6) is 0. The molecule has 0 saturated carbocycles. The van der Waals surface area contributed by atoms with Gasteiger partial charge in [-0.1, -0.05) is 6.08 Å². The third-order valence-electron chi connectivity index (χ3n) is 1.40. The van der Waals surface area contributed by atoms with Gasteiger partial charge in [0.05, 0.1) is 18.3 Å². The van der Waals surface area contributed by atoms with E-state index in [1.807, 2.05) is 0 Å². The number of hydrogen-bond donors (Lipinski definition) is 3. The quantitative estimate of drug-likeness (QED) is 0.511. The largest absolute Gasteiger partial charge is 0.389 e. The maximum absolute atomic E-state index is 9.09. The summed E-state index contributed by atoms with van der Waals surface area (Å²) in [6, 6.07) is 0. The van der Waals surface area contributed by atoms with Gasteiger partial charge in [0.2, 0.25) is 0 Å². The van der Waals surface area contributed by atoms with Crippen LogP contribution in [0.5, 0.6) is 0 Å². The predicted molar refractivity (Wildman–Crippen MR) is 43.1 cm³/mol. The van der Waals surface area contributed by atoms with Crippen molar-refractivity contribution in [1.82, 2.24) is 0 Å². The Morgan fingerprint density at radius 3 is 1.45 bits per heavy atom. The Bertz CT molecular complexity index is 126. The molecular weight excluding hydrogens is 144 g/mol. The molecule has 0 aromatic carbocycles. The maximum atomic E-state index is 9.09. The van der Waals surface area contributed by atoms with Crippen LogP contribution in [0, 0.1) is 0 Å². The molecule has 0 aliphatic rings. The summed E-state index contributed by atoms with van der Waals surface area (Å²) >= 11 is 0. The van der Waals surface area contributed by atoms with Crippen molar-refractivity contribution in [3.8, 4) is 0 Å². The second-order valence-corrected chi connectivity index (χ2v) is 2.76. The summed E-state index contributed by atoms with van der Waals surface area (Å²) in [7, 11) is 0. The fourth-order valence-electron chi connectivity index (χ4n) is 0.906. The van der Waals surface area contributed by atoms with Crippen LogP contribution in [0.15, 0.2) is 11.6 Å². The Labute approximate surface area is 67.0 Å². The number of aliphatic hydroxyl groups excluding tert-OH is 3. The molecule has 0 aromatic rings. The second-order valence-electron chi connectivity index (χ2n) is 2.76. The van der Waals surface area contributed by atoms with Crippen molar-refractivity contribution in [1.29, 1.82) is 0 Å². The predicted octanol–water partition coefficient (Wildman–Crippen LogP) is 0.0552. The summed E-state index contributed by atoms with van der Waals surface area (Å²) in [6.07, 6.45) is -0.585. The van der Waals surface area contributed by atoms with Gasteiger partial charge >= 0.3 is 0 Å². The van der Waals surface area contributed by atoms with Crippen LogP contribution in [0.2, 0.25) is 0 Å². The van der Waals surface area contributed by atoms with E-state index in [0.29, 0.717) is 5.57 Å². The summed E-state index contributed by atoms with van der Waals surface area (Å²) in [5.41, 5.74) is 0.458. The van der Waals surface area contributed by atoms with Crippen LogP contribution in [-0.2, 0) is 0 Å². The normalized spacial score (nSPS) is 18.7.